The number of nitrogens with one attached hydrogen (secondary N) is 2. The summed E-state index contributed by atoms with van der Waals surface area (Å²) in [5.74, 6) is -0.132. The molecule has 6 nitrogen and oxygen atoms in total. The van der Waals surface area contributed by atoms with Crippen molar-refractivity contribution in [2.45, 2.75) is 27.7 Å². The van der Waals surface area contributed by atoms with Gasteiger partial charge in [0.05, 0.1) is 5.02 Å². The van der Waals surface area contributed by atoms with Gasteiger partial charge in [-0.1, -0.05) is 34.7 Å². The maximum absolute atomic E-state index is 12.6. The van der Waals surface area contributed by atoms with Crippen molar-refractivity contribution >= 4 is 58.7 Å². The summed E-state index contributed by atoms with van der Waals surface area (Å²) in [6.45, 7) is 1.53. The summed E-state index contributed by atoms with van der Waals surface area (Å²) in [6, 6.07) is 5.44. The molecule has 136 valence electrons. The third-order valence-electron chi connectivity index (χ3n) is 3.94. The Morgan fingerprint density at radius 3 is 2.80 bits per heavy atom. The summed E-state index contributed by atoms with van der Waals surface area (Å²) in [5.41, 5.74) is 1.55. The van der Waals surface area contributed by atoms with E-state index in [2.05, 4.69) is 20.8 Å². The number of aromatic nitrogens is 2. The zero-order valence-electron chi connectivity index (χ0n) is 13.5. The Bertz CT molecular complexity index is 710. The second-order valence-electron chi connectivity index (χ2n) is 5.35. The van der Waals surface area contributed by atoms with E-state index >= 15 is 0 Å². The van der Waals surface area contributed by atoms with Gasteiger partial charge in [0, 0.05) is 17.7 Å². The topological polar surface area (TPSA) is 76.1 Å². The van der Waals surface area contributed by atoms with E-state index in [9.17, 15) is 4.79 Å². The summed E-state index contributed by atoms with van der Waals surface area (Å²) in [6.07, 6.45) is 1.29. The number of hydrogen-bond donors (Lipinski definition) is 2. The number of amides is 1. The first-order chi connectivity index (χ1) is 11.6. The molecule has 2 heterocycles. The third kappa shape index (κ3) is 4.84. The molecular formula is C15H18Cl2N4O2S2. The van der Waals surface area contributed by atoms with Crippen molar-refractivity contribution in [3.8, 4) is 0 Å². The molecular weight excluding hydrogens is 403 g/mol. The number of carbonyl (C=O) groups excluding carboxylic acids is 1. The SMILES string of the molecule is COC1(C(=O)Nc2ccc(Sc3nncs3)c(Cl)c2)CCNCC1.Cl. The number of halogens is 2. The predicted octanol–water partition coefficient (Wildman–Crippen LogP) is 3.47. The molecule has 1 aromatic heterocycles. The zero-order chi connectivity index (χ0) is 17.0. The highest BCUT2D eigenvalue weighted by molar-refractivity contribution is 8.01. The smallest absolute Gasteiger partial charge is 0.256 e. The van der Waals surface area contributed by atoms with Gasteiger partial charge in [0.2, 0.25) is 0 Å². The van der Waals surface area contributed by atoms with E-state index in [1.54, 1.807) is 18.7 Å². The van der Waals surface area contributed by atoms with Crippen LogP contribution < -0.4 is 10.6 Å². The molecule has 0 bridgehead atoms. The van der Waals surface area contributed by atoms with E-state index in [4.69, 9.17) is 16.3 Å². The number of carbonyl (C=O) groups is 1. The van der Waals surface area contributed by atoms with Crippen LogP contribution in [0.15, 0.2) is 32.9 Å². The first kappa shape index (κ1) is 20.4. The van der Waals surface area contributed by atoms with Gasteiger partial charge in [-0.15, -0.1) is 22.6 Å². The molecule has 1 aromatic carbocycles. The number of methoxy groups -OCH3 is 1. The molecule has 1 fully saturated rings. The zero-order valence-corrected chi connectivity index (χ0v) is 16.7. The molecule has 1 aliphatic heterocycles. The summed E-state index contributed by atoms with van der Waals surface area (Å²) < 4.78 is 6.35. The Balaban J connectivity index is 0.00000225. The van der Waals surface area contributed by atoms with E-state index < -0.39 is 5.60 Å². The average Bonchev–Trinajstić information content (AvgIpc) is 3.11. The average molecular weight is 421 g/mol. The van der Waals surface area contributed by atoms with Crippen LogP contribution >= 0.6 is 47.1 Å². The van der Waals surface area contributed by atoms with Gasteiger partial charge in [-0.2, -0.15) is 0 Å². The number of nitrogens with zero attached hydrogens (tertiary/aromatic N) is 2. The summed E-state index contributed by atoms with van der Waals surface area (Å²) in [5, 5.41) is 14.5. The lowest BCUT2D eigenvalue weighted by Gasteiger charge is -2.34. The van der Waals surface area contributed by atoms with Crippen LogP contribution in [0.4, 0.5) is 5.69 Å². The lowest BCUT2D eigenvalue weighted by atomic mass is 9.91. The molecule has 2 N–H and O–H groups in total. The van der Waals surface area contributed by atoms with Gasteiger partial charge in [0.1, 0.15) is 11.1 Å². The van der Waals surface area contributed by atoms with Crippen molar-refractivity contribution in [2.75, 3.05) is 25.5 Å². The highest BCUT2D eigenvalue weighted by Crippen LogP contribution is 2.35. The molecule has 0 saturated carbocycles. The summed E-state index contributed by atoms with van der Waals surface area (Å²) >= 11 is 9.23. The van der Waals surface area contributed by atoms with Crippen LogP contribution in [0.3, 0.4) is 0 Å². The second kappa shape index (κ2) is 9.16. The van der Waals surface area contributed by atoms with Gasteiger partial charge >= 0.3 is 0 Å². The summed E-state index contributed by atoms with van der Waals surface area (Å²) in [4.78, 5) is 13.5. The molecule has 3 rings (SSSR count). The second-order valence-corrected chi connectivity index (χ2v) is 7.88. The number of rotatable bonds is 5. The van der Waals surface area contributed by atoms with Crippen LogP contribution in [-0.4, -0.2) is 41.9 Å². The van der Waals surface area contributed by atoms with Gasteiger partial charge in [0.15, 0.2) is 4.34 Å². The number of ether oxygens (including phenoxy) is 1. The Labute approximate surface area is 165 Å². The van der Waals surface area contributed by atoms with E-state index in [1.165, 1.54) is 23.1 Å². The lowest BCUT2D eigenvalue weighted by Crippen LogP contribution is -2.51. The lowest BCUT2D eigenvalue weighted by molar-refractivity contribution is -0.140. The van der Waals surface area contributed by atoms with Crippen molar-refractivity contribution < 1.29 is 9.53 Å². The number of piperidine rings is 1. The number of benzene rings is 1. The van der Waals surface area contributed by atoms with Crippen LogP contribution in [0.25, 0.3) is 0 Å². The van der Waals surface area contributed by atoms with Crippen LogP contribution in [0.5, 0.6) is 0 Å². The molecule has 1 amide bonds. The monoisotopic (exact) mass is 420 g/mol. The Morgan fingerprint density at radius 1 is 1.44 bits per heavy atom. The van der Waals surface area contributed by atoms with Gasteiger partial charge in [-0.3, -0.25) is 4.79 Å². The van der Waals surface area contributed by atoms with Gasteiger partial charge in [-0.05, 0) is 44.1 Å². The summed E-state index contributed by atoms with van der Waals surface area (Å²) in [7, 11) is 1.58. The normalized spacial score (nSPS) is 16.1. The molecule has 0 atom stereocenters. The van der Waals surface area contributed by atoms with Crippen molar-refractivity contribution in [1.82, 2.24) is 15.5 Å². The Kier molecular flexibility index (Phi) is 7.48. The minimum absolute atomic E-state index is 0. The van der Waals surface area contributed by atoms with Crippen LogP contribution in [0, 0.1) is 0 Å². The molecule has 10 heteroatoms. The predicted molar refractivity (Wildman–Crippen MR) is 103 cm³/mol. The largest absolute Gasteiger partial charge is 0.368 e. The van der Waals surface area contributed by atoms with Gasteiger partial charge in [0.25, 0.3) is 5.91 Å². The molecule has 2 aromatic rings. The van der Waals surface area contributed by atoms with Crippen molar-refractivity contribution in [3.05, 3.63) is 28.7 Å². The first-order valence-electron chi connectivity index (χ1n) is 7.44. The van der Waals surface area contributed by atoms with Crippen molar-refractivity contribution in [3.63, 3.8) is 0 Å². The maximum Gasteiger partial charge on any atom is 0.256 e. The van der Waals surface area contributed by atoms with Crippen molar-refractivity contribution in [2.24, 2.45) is 0 Å². The third-order valence-corrected chi connectivity index (χ3v) is 6.22. The molecule has 1 saturated heterocycles. The fourth-order valence-corrected chi connectivity index (χ4v) is 4.30. The molecule has 0 spiro atoms. The Hall–Kier alpha value is -0.900. The minimum Gasteiger partial charge on any atom is -0.368 e. The van der Waals surface area contributed by atoms with Gasteiger partial charge in [-0.25, -0.2) is 0 Å². The highest BCUT2D eigenvalue weighted by Gasteiger charge is 2.39. The molecule has 1 aliphatic rings. The van der Waals surface area contributed by atoms with Crippen molar-refractivity contribution in [1.29, 1.82) is 0 Å². The van der Waals surface area contributed by atoms with E-state index in [-0.39, 0.29) is 18.3 Å². The minimum atomic E-state index is -0.780. The van der Waals surface area contributed by atoms with Gasteiger partial charge < -0.3 is 15.4 Å². The first-order valence-corrected chi connectivity index (χ1v) is 9.51. The van der Waals surface area contributed by atoms with Crippen LogP contribution in [-0.2, 0) is 9.53 Å². The highest BCUT2D eigenvalue weighted by atomic mass is 35.5. The van der Waals surface area contributed by atoms with E-state index in [0.29, 0.717) is 23.6 Å². The fraction of sp³-hybridized carbons (Fsp3) is 0.400. The van der Waals surface area contributed by atoms with Crippen LogP contribution in [0.1, 0.15) is 12.8 Å². The van der Waals surface area contributed by atoms with E-state index in [0.717, 1.165) is 22.3 Å². The number of hydrogen-bond acceptors (Lipinski definition) is 7. The standard InChI is InChI=1S/C15H17ClN4O2S2.ClH/c1-22-15(4-6-17-7-5-15)13(21)19-10-2-3-12(11(16)8-10)24-14-20-18-9-23-14;/h2-3,8-9,17H,4-7H2,1H3,(H,19,21);1H. The maximum atomic E-state index is 12.6. The van der Waals surface area contributed by atoms with E-state index in [1.807, 2.05) is 12.1 Å². The Morgan fingerprint density at radius 2 is 2.20 bits per heavy atom. The quantitative estimate of drug-likeness (QED) is 0.770. The molecule has 0 radical (unpaired) electrons. The molecule has 25 heavy (non-hydrogen) atoms. The van der Waals surface area contributed by atoms with Crippen LogP contribution in [0.2, 0.25) is 5.02 Å². The molecule has 0 unspecified atom stereocenters. The number of anilines is 1. The fourth-order valence-electron chi connectivity index (χ4n) is 2.56. The molecule has 0 aliphatic carbocycles.